The van der Waals surface area contributed by atoms with Gasteiger partial charge in [-0.3, -0.25) is 9.59 Å². The van der Waals surface area contributed by atoms with Crippen LogP contribution in [0.3, 0.4) is 0 Å². The van der Waals surface area contributed by atoms with Crippen LogP contribution >= 0.6 is 0 Å². The van der Waals surface area contributed by atoms with Crippen molar-refractivity contribution in [3.05, 3.63) is 66.2 Å². The van der Waals surface area contributed by atoms with Gasteiger partial charge in [-0.1, -0.05) is 6.08 Å². The van der Waals surface area contributed by atoms with Crippen molar-refractivity contribution >= 4 is 23.2 Å². The molecule has 1 N–H and O–H groups in total. The predicted octanol–water partition coefficient (Wildman–Crippen LogP) is 4.48. The first-order valence-corrected chi connectivity index (χ1v) is 11.3. The van der Waals surface area contributed by atoms with Crippen LogP contribution in [0.5, 0.6) is 5.75 Å². The highest BCUT2D eigenvalue weighted by atomic mass is 16.5. The van der Waals surface area contributed by atoms with Gasteiger partial charge in [0, 0.05) is 44.0 Å². The second-order valence-corrected chi connectivity index (χ2v) is 8.56. The first-order valence-electron chi connectivity index (χ1n) is 11.3. The molecule has 2 aromatic rings. The van der Waals surface area contributed by atoms with Gasteiger partial charge in [0.25, 0.3) is 5.91 Å². The molecule has 2 aromatic carbocycles. The third kappa shape index (κ3) is 5.31. The Morgan fingerprint density at radius 3 is 2.47 bits per heavy atom. The Bertz CT molecular complexity index is 969. The van der Waals surface area contributed by atoms with E-state index in [0.717, 1.165) is 55.9 Å². The van der Waals surface area contributed by atoms with E-state index in [1.807, 2.05) is 48.3 Å². The molecule has 0 bridgehead atoms. The van der Waals surface area contributed by atoms with Crippen molar-refractivity contribution in [2.45, 2.75) is 44.8 Å². The van der Waals surface area contributed by atoms with E-state index in [4.69, 9.17) is 4.74 Å². The molecule has 4 rings (SSSR count). The molecule has 1 saturated heterocycles. The number of carbonyl (C=O) groups excluding carboxylic acids is 2. The fourth-order valence-electron chi connectivity index (χ4n) is 4.25. The van der Waals surface area contributed by atoms with E-state index in [2.05, 4.69) is 22.4 Å². The maximum absolute atomic E-state index is 12.6. The van der Waals surface area contributed by atoms with Crippen LogP contribution in [0, 0.1) is 0 Å². The van der Waals surface area contributed by atoms with Gasteiger partial charge in [0.05, 0.1) is 6.04 Å². The van der Waals surface area contributed by atoms with Crippen LogP contribution in [0.4, 0.5) is 11.4 Å². The zero-order chi connectivity index (χ0) is 22.5. The topological polar surface area (TPSA) is 61.9 Å². The fraction of sp³-hybridized carbons (Fsp3) is 0.385. The smallest absolute Gasteiger partial charge is 0.255 e. The zero-order valence-electron chi connectivity index (χ0n) is 18.8. The molecule has 168 valence electrons. The molecule has 0 radical (unpaired) electrons. The zero-order valence-corrected chi connectivity index (χ0v) is 18.8. The Balaban J connectivity index is 1.31. The van der Waals surface area contributed by atoms with Crippen molar-refractivity contribution in [3.63, 3.8) is 0 Å². The van der Waals surface area contributed by atoms with E-state index >= 15 is 0 Å². The number of likely N-dealkylation sites (N-methyl/N-ethyl adjacent to an activating group) is 1. The molecular formula is C26H31N3O3. The molecule has 0 spiro atoms. The van der Waals surface area contributed by atoms with Gasteiger partial charge in [0.2, 0.25) is 5.91 Å². The van der Waals surface area contributed by atoms with Gasteiger partial charge in [-0.15, -0.1) is 0 Å². The van der Waals surface area contributed by atoms with Gasteiger partial charge >= 0.3 is 0 Å². The molecular weight excluding hydrogens is 402 g/mol. The molecule has 1 aliphatic carbocycles. The van der Waals surface area contributed by atoms with Crippen molar-refractivity contribution in [2.24, 2.45) is 0 Å². The molecule has 0 saturated carbocycles. The molecule has 2 unspecified atom stereocenters. The van der Waals surface area contributed by atoms with Gasteiger partial charge in [-0.05, 0) is 80.3 Å². The highest BCUT2D eigenvalue weighted by Crippen LogP contribution is 2.25. The van der Waals surface area contributed by atoms with Gasteiger partial charge in [0.1, 0.15) is 11.9 Å². The van der Waals surface area contributed by atoms with E-state index in [1.54, 1.807) is 19.1 Å². The monoisotopic (exact) mass is 433 g/mol. The average molecular weight is 434 g/mol. The summed E-state index contributed by atoms with van der Waals surface area (Å²) < 4.78 is 5.96. The third-order valence-electron chi connectivity index (χ3n) is 6.31. The second-order valence-electron chi connectivity index (χ2n) is 8.56. The predicted molar refractivity (Wildman–Crippen MR) is 127 cm³/mol. The van der Waals surface area contributed by atoms with Crippen LogP contribution in [0.1, 0.15) is 43.0 Å². The van der Waals surface area contributed by atoms with E-state index in [-0.39, 0.29) is 24.0 Å². The van der Waals surface area contributed by atoms with Crippen LogP contribution in [-0.2, 0) is 4.79 Å². The lowest BCUT2D eigenvalue weighted by molar-refractivity contribution is -0.129. The SMILES string of the molecule is CC(=O)N(C)C1CCN(c2ccc(NC(=O)c3ccc(OC4C=CCCC4)cc3)cc2)C1. The lowest BCUT2D eigenvalue weighted by Gasteiger charge is -2.24. The summed E-state index contributed by atoms with van der Waals surface area (Å²) in [6, 6.07) is 15.4. The van der Waals surface area contributed by atoms with Crippen molar-refractivity contribution in [1.29, 1.82) is 0 Å². The molecule has 1 heterocycles. The number of anilines is 2. The van der Waals surface area contributed by atoms with Gasteiger partial charge in [-0.25, -0.2) is 0 Å². The van der Waals surface area contributed by atoms with E-state index < -0.39 is 0 Å². The Labute approximate surface area is 189 Å². The largest absolute Gasteiger partial charge is 0.486 e. The van der Waals surface area contributed by atoms with Crippen LogP contribution in [0.15, 0.2) is 60.7 Å². The fourth-order valence-corrected chi connectivity index (χ4v) is 4.25. The van der Waals surface area contributed by atoms with Crippen molar-refractivity contribution < 1.29 is 14.3 Å². The molecule has 2 atom stereocenters. The number of benzene rings is 2. The highest BCUT2D eigenvalue weighted by Gasteiger charge is 2.27. The summed E-state index contributed by atoms with van der Waals surface area (Å²) in [4.78, 5) is 28.3. The number of nitrogens with zero attached hydrogens (tertiary/aromatic N) is 2. The number of hydrogen-bond donors (Lipinski definition) is 1. The highest BCUT2D eigenvalue weighted by molar-refractivity contribution is 6.04. The van der Waals surface area contributed by atoms with E-state index in [9.17, 15) is 9.59 Å². The minimum atomic E-state index is -0.147. The summed E-state index contributed by atoms with van der Waals surface area (Å²) in [5, 5.41) is 2.96. The standard InChI is InChI=1S/C26H31N3O3/c1-19(30)28(2)23-16-17-29(18-23)22-12-10-21(11-13-22)27-26(31)20-8-14-25(15-9-20)32-24-6-4-3-5-7-24/h4,6,8-15,23-24H,3,5,7,16-18H2,1-2H3,(H,27,31). The molecule has 0 aromatic heterocycles. The van der Waals surface area contributed by atoms with E-state index in [0.29, 0.717) is 5.56 Å². The Morgan fingerprint density at radius 1 is 1.06 bits per heavy atom. The summed E-state index contributed by atoms with van der Waals surface area (Å²) in [5.74, 6) is 0.730. The molecule has 6 nitrogen and oxygen atoms in total. The average Bonchev–Trinajstić information content (AvgIpc) is 3.30. The number of carbonyl (C=O) groups is 2. The number of rotatable bonds is 6. The van der Waals surface area contributed by atoms with Crippen LogP contribution in [0.2, 0.25) is 0 Å². The molecule has 6 heteroatoms. The normalized spacial score (nSPS) is 20.1. The maximum Gasteiger partial charge on any atom is 0.255 e. The van der Waals surface area contributed by atoms with Crippen LogP contribution in [-0.4, -0.2) is 49.0 Å². The van der Waals surface area contributed by atoms with Gasteiger partial charge in [0.15, 0.2) is 0 Å². The minimum Gasteiger partial charge on any atom is -0.486 e. The molecule has 2 aliphatic rings. The third-order valence-corrected chi connectivity index (χ3v) is 6.31. The summed E-state index contributed by atoms with van der Waals surface area (Å²) in [6.07, 6.45) is 8.65. The minimum absolute atomic E-state index is 0.0975. The van der Waals surface area contributed by atoms with Gasteiger partial charge < -0.3 is 19.9 Å². The van der Waals surface area contributed by atoms with Crippen molar-refractivity contribution in [2.75, 3.05) is 30.4 Å². The summed E-state index contributed by atoms with van der Waals surface area (Å²) in [5.41, 5.74) is 2.44. The Hall–Kier alpha value is -3.28. The summed E-state index contributed by atoms with van der Waals surface area (Å²) in [7, 11) is 1.86. The quantitative estimate of drug-likeness (QED) is 0.682. The number of ether oxygens (including phenoxy) is 1. The van der Waals surface area contributed by atoms with Gasteiger partial charge in [-0.2, -0.15) is 0 Å². The molecule has 32 heavy (non-hydrogen) atoms. The van der Waals surface area contributed by atoms with Crippen molar-refractivity contribution in [3.8, 4) is 5.75 Å². The lowest BCUT2D eigenvalue weighted by atomic mass is 10.1. The number of nitrogens with one attached hydrogen (secondary N) is 1. The van der Waals surface area contributed by atoms with Crippen LogP contribution < -0.4 is 15.0 Å². The Kier molecular flexibility index (Phi) is 6.78. The first-order chi connectivity index (χ1) is 15.5. The summed E-state index contributed by atoms with van der Waals surface area (Å²) >= 11 is 0. The number of allylic oxidation sites excluding steroid dienone is 1. The van der Waals surface area contributed by atoms with Crippen LogP contribution in [0.25, 0.3) is 0 Å². The van der Waals surface area contributed by atoms with E-state index in [1.165, 1.54) is 0 Å². The number of amides is 2. The molecule has 2 amide bonds. The Morgan fingerprint density at radius 2 is 1.81 bits per heavy atom. The second kappa shape index (κ2) is 9.90. The number of hydrogen-bond acceptors (Lipinski definition) is 4. The van der Waals surface area contributed by atoms with Crippen molar-refractivity contribution in [1.82, 2.24) is 4.90 Å². The summed E-state index contributed by atoms with van der Waals surface area (Å²) in [6.45, 7) is 3.35. The maximum atomic E-state index is 12.6. The molecule has 1 aliphatic heterocycles. The lowest BCUT2D eigenvalue weighted by Crippen LogP contribution is -2.37. The molecule has 1 fully saturated rings. The first kappa shape index (κ1) is 21.9.